The van der Waals surface area contributed by atoms with Gasteiger partial charge in [0.05, 0.1) is 5.75 Å². The van der Waals surface area contributed by atoms with Gasteiger partial charge in [0.2, 0.25) is 15.9 Å². The van der Waals surface area contributed by atoms with E-state index in [1.807, 2.05) is 12.1 Å². The van der Waals surface area contributed by atoms with Gasteiger partial charge >= 0.3 is 0 Å². The predicted octanol–water partition coefficient (Wildman–Crippen LogP) is 1.01. The molecular weight excluding hydrogens is 276 g/mol. The van der Waals surface area contributed by atoms with Crippen LogP contribution >= 0.6 is 0 Å². The first-order chi connectivity index (χ1) is 9.41. The van der Waals surface area contributed by atoms with Gasteiger partial charge in [-0.1, -0.05) is 31.2 Å². The highest BCUT2D eigenvalue weighted by Gasteiger charge is 2.38. The van der Waals surface area contributed by atoms with Crippen LogP contribution in [0.4, 0.5) is 0 Å². The summed E-state index contributed by atoms with van der Waals surface area (Å²) < 4.78 is 25.1. The van der Waals surface area contributed by atoms with Crippen molar-refractivity contribution in [2.45, 2.75) is 25.6 Å². The molecule has 0 aromatic heterocycles. The molecule has 1 saturated carbocycles. The highest BCUT2D eigenvalue weighted by Crippen LogP contribution is 2.37. The molecule has 1 aromatic rings. The lowest BCUT2D eigenvalue weighted by atomic mass is 10.1. The molecule has 1 aromatic carbocycles. The quantitative estimate of drug-likeness (QED) is 0.822. The summed E-state index contributed by atoms with van der Waals surface area (Å²) in [7, 11) is -1.84. The van der Waals surface area contributed by atoms with Gasteiger partial charge < -0.3 is 5.32 Å². The first-order valence-electron chi connectivity index (χ1n) is 6.68. The van der Waals surface area contributed by atoms with E-state index in [4.69, 9.17) is 0 Å². The van der Waals surface area contributed by atoms with Gasteiger partial charge in [-0.15, -0.1) is 0 Å². The van der Waals surface area contributed by atoms with Gasteiger partial charge in [0.15, 0.2) is 0 Å². The van der Waals surface area contributed by atoms with Gasteiger partial charge in [-0.2, -0.15) is 0 Å². The van der Waals surface area contributed by atoms with Crippen LogP contribution < -0.4 is 10.0 Å². The van der Waals surface area contributed by atoms with Crippen molar-refractivity contribution in [1.82, 2.24) is 10.0 Å². The van der Waals surface area contributed by atoms with E-state index >= 15 is 0 Å². The van der Waals surface area contributed by atoms with Crippen LogP contribution in [0.3, 0.4) is 0 Å². The molecule has 0 saturated heterocycles. The number of hydrogen-bond acceptors (Lipinski definition) is 3. The van der Waals surface area contributed by atoms with Crippen molar-refractivity contribution >= 4 is 15.9 Å². The number of carbonyl (C=O) groups is 1. The van der Waals surface area contributed by atoms with Crippen LogP contribution in [0.5, 0.6) is 0 Å². The van der Waals surface area contributed by atoms with Crippen molar-refractivity contribution in [1.29, 1.82) is 0 Å². The monoisotopic (exact) mass is 296 g/mol. The van der Waals surface area contributed by atoms with Gasteiger partial charge in [-0.3, -0.25) is 4.79 Å². The van der Waals surface area contributed by atoms with Gasteiger partial charge in [0, 0.05) is 12.5 Å². The Morgan fingerprint density at radius 3 is 2.30 bits per heavy atom. The third-order valence-corrected chi connectivity index (χ3v) is 4.94. The molecule has 2 unspecified atom stereocenters. The van der Waals surface area contributed by atoms with E-state index < -0.39 is 10.0 Å². The molecule has 2 rings (SSSR count). The molecule has 5 nitrogen and oxygen atoms in total. The summed E-state index contributed by atoms with van der Waals surface area (Å²) in [6.07, 6.45) is 0.979. The average Bonchev–Trinajstić information content (AvgIpc) is 3.14. The third-order valence-electron chi connectivity index (χ3n) is 3.60. The molecule has 2 N–H and O–H groups in total. The van der Waals surface area contributed by atoms with Gasteiger partial charge in [-0.25, -0.2) is 13.1 Å². The molecule has 0 heterocycles. The van der Waals surface area contributed by atoms with E-state index in [2.05, 4.69) is 17.0 Å². The third kappa shape index (κ3) is 4.05. The summed E-state index contributed by atoms with van der Waals surface area (Å²) in [6, 6.07) is 7.24. The van der Waals surface area contributed by atoms with Crippen LogP contribution in [0.25, 0.3) is 0 Å². The number of carbonyl (C=O) groups excluding carboxylic acids is 1. The number of benzene rings is 1. The zero-order valence-electron chi connectivity index (χ0n) is 11.7. The normalized spacial score (nSPS) is 21.5. The molecule has 2 atom stereocenters. The molecule has 6 heteroatoms. The highest BCUT2D eigenvalue weighted by atomic mass is 32.2. The maximum Gasteiger partial charge on any atom is 0.223 e. The fourth-order valence-electron chi connectivity index (χ4n) is 2.05. The zero-order chi connectivity index (χ0) is 14.8. The summed E-state index contributed by atoms with van der Waals surface area (Å²) in [5.41, 5.74) is 1.70. The van der Waals surface area contributed by atoms with Crippen molar-refractivity contribution in [3.8, 4) is 0 Å². The summed E-state index contributed by atoms with van der Waals surface area (Å²) in [5, 5.41) is 2.90. The molecule has 1 fully saturated rings. The van der Waals surface area contributed by atoms with Crippen molar-refractivity contribution in [3.05, 3.63) is 35.4 Å². The second-order valence-corrected chi connectivity index (χ2v) is 7.24. The first-order valence-corrected chi connectivity index (χ1v) is 8.33. The van der Waals surface area contributed by atoms with Crippen molar-refractivity contribution in [3.63, 3.8) is 0 Å². The molecule has 0 aliphatic heterocycles. The standard InChI is InChI=1S/C14H20N2O3S/c1-10-7-13(10)14(17)16-8-11-3-5-12(6-4-11)9-20(18,19)15-2/h3-6,10,13,15H,7-9H2,1-2H3,(H,16,17). The lowest BCUT2D eigenvalue weighted by Gasteiger charge is -2.06. The Bertz CT molecular complexity index is 581. The fourth-order valence-corrected chi connectivity index (χ4v) is 2.83. The number of hydrogen-bond donors (Lipinski definition) is 2. The van der Waals surface area contributed by atoms with E-state index in [0.717, 1.165) is 17.5 Å². The summed E-state index contributed by atoms with van der Waals surface area (Å²) in [5.74, 6) is 0.758. The van der Waals surface area contributed by atoms with E-state index in [1.165, 1.54) is 7.05 Å². The Hall–Kier alpha value is -1.40. The van der Waals surface area contributed by atoms with E-state index in [1.54, 1.807) is 12.1 Å². The van der Waals surface area contributed by atoms with E-state index in [9.17, 15) is 13.2 Å². The van der Waals surface area contributed by atoms with Crippen LogP contribution in [0, 0.1) is 11.8 Å². The largest absolute Gasteiger partial charge is 0.352 e. The van der Waals surface area contributed by atoms with Gasteiger partial charge in [-0.05, 0) is 30.5 Å². The fraction of sp³-hybridized carbons (Fsp3) is 0.500. The minimum absolute atomic E-state index is 0.0320. The Morgan fingerprint density at radius 1 is 1.25 bits per heavy atom. The lowest BCUT2D eigenvalue weighted by Crippen LogP contribution is -2.24. The Labute approximate surface area is 119 Å². The predicted molar refractivity (Wildman–Crippen MR) is 77.2 cm³/mol. The second-order valence-electron chi connectivity index (χ2n) is 5.32. The maximum atomic E-state index is 11.7. The van der Waals surface area contributed by atoms with Crippen LogP contribution in [0.1, 0.15) is 24.5 Å². The van der Waals surface area contributed by atoms with Crippen LogP contribution in [0.15, 0.2) is 24.3 Å². The average molecular weight is 296 g/mol. The van der Waals surface area contributed by atoms with Crippen LogP contribution in [0.2, 0.25) is 0 Å². The minimum Gasteiger partial charge on any atom is -0.352 e. The number of sulfonamides is 1. The second kappa shape index (κ2) is 5.93. The van der Waals surface area contributed by atoms with Crippen LogP contribution in [-0.2, 0) is 27.1 Å². The molecular formula is C14H20N2O3S. The topological polar surface area (TPSA) is 75.3 Å². The SMILES string of the molecule is CNS(=O)(=O)Cc1ccc(CNC(=O)C2CC2C)cc1. The Balaban J connectivity index is 1.87. The molecule has 1 aliphatic carbocycles. The molecule has 0 radical (unpaired) electrons. The smallest absolute Gasteiger partial charge is 0.223 e. The highest BCUT2D eigenvalue weighted by molar-refractivity contribution is 7.88. The molecule has 0 bridgehead atoms. The van der Waals surface area contributed by atoms with Crippen molar-refractivity contribution in [2.24, 2.45) is 11.8 Å². The van der Waals surface area contributed by atoms with Gasteiger partial charge in [0.25, 0.3) is 0 Å². The molecule has 1 aliphatic rings. The van der Waals surface area contributed by atoms with E-state index in [-0.39, 0.29) is 17.6 Å². The zero-order valence-corrected chi connectivity index (χ0v) is 12.5. The van der Waals surface area contributed by atoms with Crippen molar-refractivity contribution < 1.29 is 13.2 Å². The summed E-state index contributed by atoms with van der Waals surface area (Å²) in [4.78, 5) is 11.7. The van der Waals surface area contributed by atoms with Crippen LogP contribution in [-0.4, -0.2) is 21.4 Å². The van der Waals surface area contributed by atoms with Crippen molar-refractivity contribution in [2.75, 3.05) is 7.05 Å². The lowest BCUT2D eigenvalue weighted by molar-refractivity contribution is -0.122. The first kappa shape index (κ1) is 15.0. The maximum absolute atomic E-state index is 11.7. The number of nitrogens with one attached hydrogen (secondary N) is 2. The molecule has 110 valence electrons. The molecule has 20 heavy (non-hydrogen) atoms. The number of rotatable bonds is 6. The molecule has 1 amide bonds. The van der Waals surface area contributed by atoms with E-state index in [0.29, 0.717) is 12.5 Å². The Kier molecular flexibility index (Phi) is 4.45. The minimum atomic E-state index is -3.24. The summed E-state index contributed by atoms with van der Waals surface area (Å²) in [6.45, 7) is 2.56. The Morgan fingerprint density at radius 2 is 1.80 bits per heavy atom. The molecule has 0 spiro atoms. The van der Waals surface area contributed by atoms with Gasteiger partial charge in [0.1, 0.15) is 0 Å². The number of amides is 1. The summed E-state index contributed by atoms with van der Waals surface area (Å²) >= 11 is 0.